The van der Waals surface area contributed by atoms with Gasteiger partial charge in [-0.25, -0.2) is 4.39 Å². The molecule has 0 unspecified atom stereocenters. The van der Waals surface area contributed by atoms with E-state index < -0.39 is 5.82 Å². The minimum absolute atomic E-state index is 0.00293. The lowest BCUT2D eigenvalue weighted by Gasteiger charge is -2.42. The average molecular weight is 392 g/mol. The van der Waals surface area contributed by atoms with E-state index in [4.69, 9.17) is 28.2 Å². The summed E-state index contributed by atoms with van der Waals surface area (Å²) in [4.78, 5) is 4.84. The number of hydrogen-bond acceptors (Lipinski definition) is 2. The summed E-state index contributed by atoms with van der Waals surface area (Å²) in [6.07, 6.45) is 3.02. The van der Waals surface area contributed by atoms with Gasteiger partial charge in [0.25, 0.3) is 0 Å². The normalized spacial score (nSPS) is 20.0. The lowest BCUT2D eigenvalue weighted by atomic mass is 9.71. The number of halogens is 3. The maximum absolute atomic E-state index is 13.8. The zero-order chi connectivity index (χ0) is 18.1. The summed E-state index contributed by atoms with van der Waals surface area (Å²) in [5, 5.41) is 7.44. The van der Waals surface area contributed by atoms with Crippen LogP contribution >= 0.6 is 23.2 Å². The van der Waals surface area contributed by atoms with E-state index in [0.29, 0.717) is 17.1 Å². The van der Waals surface area contributed by atoms with Gasteiger partial charge >= 0.3 is 0 Å². The summed E-state index contributed by atoms with van der Waals surface area (Å²) in [6, 6.07) is 11.2. The maximum atomic E-state index is 13.8. The molecule has 2 aromatic carbocycles. The monoisotopic (exact) mass is 391 g/mol. The van der Waals surface area contributed by atoms with Crippen LogP contribution < -0.4 is 10.6 Å². The number of anilines is 1. The Morgan fingerprint density at radius 1 is 1.08 bits per heavy atom. The van der Waals surface area contributed by atoms with Gasteiger partial charge in [0.15, 0.2) is 0 Å². The number of nitrogens with one attached hydrogen (secondary N) is 2. The first-order chi connectivity index (χ1) is 12.6. The van der Waals surface area contributed by atoms with Gasteiger partial charge in [-0.1, -0.05) is 41.4 Å². The van der Waals surface area contributed by atoms with E-state index in [1.165, 1.54) is 17.7 Å². The second-order valence-electron chi connectivity index (χ2n) is 7.01. The van der Waals surface area contributed by atoms with E-state index in [9.17, 15) is 4.39 Å². The fourth-order valence-corrected chi connectivity index (χ4v) is 4.32. The Bertz CT molecular complexity index is 860. The van der Waals surface area contributed by atoms with Crippen molar-refractivity contribution in [3.63, 3.8) is 0 Å². The van der Waals surface area contributed by atoms with Gasteiger partial charge in [0.2, 0.25) is 0 Å². The molecule has 3 nitrogen and oxygen atoms in total. The molecule has 2 aliphatic heterocycles. The van der Waals surface area contributed by atoms with Gasteiger partial charge in [-0.15, -0.1) is 0 Å². The SMILES string of the molecule is Fc1cc(CN=C2Nc3ccccc3CC23CCNCC3)c(Cl)cc1Cl. The molecule has 26 heavy (non-hydrogen) atoms. The highest BCUT2D eigenvalue weighted by atomic mass is 35.5. The van der Waals surface area contributed by atoms with Crippen molar-refractivity contribution in [2.75, 3.05) is 18.4 Å². The fraction of sp³-hybridized carbons (Fsp3) is 0.350. The van der Waals surface area contributed by atoms with Gasteiger partial charge in [0, 0.05) is 16.1 Å². The highest BCUT2D eigenvalue weighted by Gasteiger charge is 2.40. The smallest absolute Gasteiger partial charge is 0.142 e. The zero-order valence-electron chi connectivity index (χ0n) is 14.3. The van der Waals surface area contributed by atoms with Crippen LogP contribution in [0.5, 0.6) is 0 Å². The van der Waals surface area contributed by atoms with Crippen molar-refractivity contribution in [3.8, 4) is 0 Å². The standard InChI is InChI=1S/C20H20Cl2FN3/c21-15-10-16(22)17(23)9-14(15)12-25-19-20(5-7-24-8-6-20)11-13-3-1-2-4-18(13)26-19/h1-4,9-10,24H,5-8,11-12H2,(H,25,26). The highest BCUT2D eigenvalue weighted by molar-refractivity contribution is 6.35. The largest absolute Gasteiger partial charge is 0.343 e. The van der Waals surface area contributed by atoms with Crippen molar-refractivity contribution in [2.45, 2.75) is 25.8 Å². The second-order valence-corrected chi connectivity index (χ2v) is 7.83. The molecule has 2 aliphatic rings. The Labute approximate surface area is 162 Å². The molecule has 0 bridgehead atoms. The van der Waals surface area contributed by atoms with E-state index in [-0.39, 0.29) is 10.4 Å². The van der Waals surface area contributed by atoms with E-state index in [0.717, 1.165) is 43.9 Å². The van der Waals surface area contributed by atoms with E-state index >= 15 is 0 Å². The average Bonchev–Trinajstić information content (AvgIpc) is 2.64. The number of benzene rings is 2. The summed E-state index contributed by atoms with van der Waals surface area (Å²) in [7, 11) is 0. The molecule has 0 saturated carbocycles. The van der Waals surface area contributed by atoms with Crippen molar-refractivity contribution in [2.24, 2.45) is 10.4 Å². The molecule has 0 aliphatic carbocycles. The van der Waals surface area contributed by atoms with E-state index in [2.05, 4.69) is 28.8 Å². The molecule has 0 atom stereocenters. The molecule has 2 aromatic rings. The fourth-order valence-electron chi connectivity index (χ4n) is 3.88. The Morgan fingerprint density at radius 2 is 1.85 bits per heavy atom. The maximum Gasteiger partial charge on any atom is 0.142 e. The first-order valence-electron chi connectivity index (χ1n) is 8.81. The Balaban J connectivity index is 1.68. The number of para-hydroxylation sites is 1. The highest BCUT2D eigenvalue weighted by Crippen LogP contribution is 2.41. The molecule has 1 fully saturated rings. The van der Waals surface area contributed by atoms with Gasteiger partial charge in [0.1, 0.15) is 11.7 Å². The third-order valence-corrected chi connectivity index (χ3v) is 6.00. The van der Waals surface area contributed by atoms with Gasteiger partial charge in [-0.05, 0) is 61.7 Å². The van der Waals surface area contributed by atoms with Crippen LogP contribution in [0.25, 0.3) is 0 Å². The Morgan fingerprint density at radius 3 is 2.65 bits per heavy atom. The molecular formula is C20H20Cl2FN3. The van der Waals surface area contributed by atoms with Crippen LogP contribution in [-0.4, -0.2) is 18.9 Å². The zero-order valence-corrected chi connectivity index (χ0v) is 15.8. The molecule has 4 rings (SSSR count). The summed E-state index contributed by atoms with van der Waals surface area (Å²) in [5.74, 6) is 0.508. The second kappa shape index (κ2) is 7.18. The number of rotatable bonds is 2. The molecular weight excluding hydrogens is 372 g/mol. The number of fused-ring (bicyclic) bond motifs is 1. The summed E-state index contributed by atoms with van der Waals surface area (Å²) >= 11 is 12.0. The molecule has 1 spiro atoms. The molecule has 136 valence electrons. The molecule has 0 amide bonds. The lowest BCUT2D eigenvalue weighted by Crippen LogP contribution is -2.48. The lowest BCUT2D eigenvalue weighted by molar-refractivity contribution is 0.293. The predicted octanol–water partition coefficient (Wildman–Crippen LogP) is 5.07. The summed E-state index contributed by atoms with van der Waals surface area (Å²) in [6.45, 7) is 2.27. The topological polar surface area (TPSA) is 36.4 Å². The number of nitrogens with zero attached hydrogens (tertiary/aromatic N) is 1. The van der Waals surface area contributed by atoms with Crippen molar-refractivity contribution in [1.29, 1.82) is 0 Å². The Hall–Kier alpha value is -1.62. The Kier molecular flexibility index (Phi) is 4.91. The van der Waals surface area contributed by atoms with Gasteiger partial charge in [0.05, 0.1) is 11.6 Å². The van der Waals surface area contributed by atoms with Crippen LogP contribution in [0.4, 0.5) is 10.1 Å². The molecule has 2 heterocycles. The quantitative estimate of drug-likeness (QED) is 0.701. The van der Waals surface area contributed by atoms with Crippen LogP contribution in [0.3, 0.4) is 0 Å². The van der Waals surface area contributed by atoms with Gasteiger partial charge in [-0.3, -0.25) is 4.99 Å². The number of aliphatic imine (C=N–C) groups is 1. The summed E-state index contributed by atoms with van der Waals surface area (Å²) in [5.41, 5.74) is 3.07. The third-order valence-electron chi connectivity index (χ3n) is 5.36. The molecule has 2 N–H and O–H groups in total. The van der Waals surface area contributed by atoms with Gasteiger partial charge < -0.3 is 10.6 Å². The van der Waals surface area contributed by atoms with Crippen molar-refractivity contribution < 1.29 is 4.39 Å². The number of amidine groups is 1. The van der Waals surface area contributed by atoms with Crippen LogP contribution in [-0.2, 0) is 13.0 Å². The van der Waals surface area contributed by atoms with E-state index in [1.807, 2.05) is 6.07 Å². The molecule has 0 aromatic heterocycles. The molecule has 1 saturated heterocycles. The first-order valence-corrected chi connectivity index (χ1v) is 9.57. The van der Waals surface area contributed by atoms with Crippen molar-refractivity contribution in [3.05, 3.63) is 63.4 Å². The van der Waals surface area contributed by atoms with E-state index in [1.54, 1.807) is 0 Å². The van der Waals surface area contributed by atoms with Crippen LogP contribution in [0.15, 0.2) is 41.4 Å². The summed E-state index contributed by atoms with van der Waals surface area (Å²) < 4.78 is 13.8. The van der Waals surface area contributed by atoms with Crippen LogP contribution in [0.2, 0.25) is 10.0 Å². The first kappa shape index (κ1) is 17.8. The molecule has 0 radical (unpaired) electrons. The van der Waals surface area contributed by atoms with Crippen molar-refractivity contribution in [1.82, 2.24) is 5.32 Å². The third kappa shape index (κ3) is 3.34. The van der Waals surface area contributed by atoms with Crippen molar-refractivity contribution >= 4 is 34.7 Å². The van der Waals surface area contributed by atoms with Gasteiger partial charge in [-0.2, -0.15) is 0 Å². The minimum Gasteiger partial charge on any atom is -0.343 e. The number of piperidine rings is 1. The molecule has 6 heteroatoms. The van der Waals surface area contributed by atoms with Crippen LogP contribution in [0, 0.1) is 11.2 Å². The number of hydrogen-bond donors (Lipinski definition) is 2. The minimum atomic E-state index is -0.468. The van der Waals surface area contributed by atoms with Crippen LogP contribution in [0.1, 0.15) is 24.0 Å². The predicted molar refractivity (Wildman–Crippen MR) is 106 cm³/mol.